The number of anilines is 1. The van der Waals surface area contributed by atoms with E-state index in [-0.39, 0.29) is 27.9 Å². The van der Waals surface area contributed by atoms with Crippen molar-refractivity contribution in [3.8, 4) is 0 Å². The van der Waals surface area contributed by atoms with Crippen LogP contribution in [-0.2, 0) is 14.3 Å². The topological polar surface area (TPSA) is 114 Å². The molecule has 3 aromatic heterocycles. The first-order chi connectivity index (χ1) is 17.3. The first kappa shape index (κ1) is 23.4. The molecule has 0 spiro atoms. The van der Waals surface area contributed by atoms with Crippen molar-refractivity contribution in [2.24, 2.45) is 0 Å². The minimum atomic E-state index is -0.958. The molecule has 0 bridgehead atoms. The number of aliphatic hydroxyl groups excluding tert-OH is 1. The largest absolute Gasteiger partial charge is 0.505 e. The normalized spacial score (nSPS) is 17.2. The third-order valence-electron chi connectivity index (χ3n) is 5.94. The van der Waals surface area contributed by atoms with E-state index in [2.05, 4.69) is 9.97 Å². The minimum Gasteiger partial charge on any atom is -0.505 e. The van der Waals surface area contributed by atoms with Gasteiger partial charge in [-0.2, -0.15) is 0 Å². The average molecular weight is 503 g/mol. The zero-order valence-electron chi connectivity index (χ0n) is 19.8. The number of nitrogens with zero attached hydrogens (tertiary/aromatic N) is 4. The lowest BCUT2D eigenvalue weighted by Gasteiger charge is -2.23. The Balaban J connectivity index is 1.73. The Morgan fingerprint density at radius 1 is 1.06 bits per heavy atom. The smallest absolute Gasteiger partial charge is 0.350 e. The van der Waals surface area contributed by atoms with Crippen LogP contribution in [0.2, 0.25) is 0 Å². The van der Waals surface area contributed by atoms with Crippen molar-refractivity contribution in [3.63, 3.8) is 0 Å². The summed E-state index contributed by atoms with van der Waals surface area (Å²) in [4.78, 5) is 49.6. The summed E-state index contributed by atoms with van der Waals surface area (Å²) in [5.74, 6) is -2.58. The van der Waals surface area contributed by atoms with Crippen LogP contribution in [0, 0.1) is 13.8 Å². The lowest BCUT2D eigenvalue weighted by molar-refractivity contribution is -0.132. The van der Waals surface area contributed by atoms with Crippen molar-refractivity contribution in [1.82, 2.24) is 14.4 Å². The molecule has 10 heteroatoms. The number of carbonyl (C=O) groups is 3. The number of esters is 1. The zero-order valence-corrected chi connectivity index (χ0v) is 20.6. The highest BCUT2D eigenvalue weighted by Gasteiger charge is 2.48. The van der Waals surface area contributed by atoms with Gasteiger partial charge in [0.15, 0.2) is 10.9 Å². The van der Waals surface area contributed by atoms with E-state index in [4.69, 9.17) is 4.74 Å². The van der Waals surface area contributed by atoms with E-state index in [0.29, 0.717) is 28.3 Å². The molecule has 36 heavy (non-hydrogen) atoms. The van der Waals surface area contributed by atoms with E-state index in [1.807, 2.05) is 12.1 Å². The number of hydrogen-bond acceptors (Lipinski definition) is 8. The molecule has 1 saturated heterocycles. The van der Waals surface area contributed by atoms with Gasteiger partial charge in [-0.05, 0) is 38.5 Å². The molecule has 5 rings (SSSR count). The number of imidazole rings is 1. The van der Waals surface area contributed by atoms with Gasteiger partial charge in [0.25, 0.3) is 5.78 Å². The van der Waals surface area contributed by atoms with Gasteiger partial charge in [-0.25, -0.2) is 14.8 Å². The number of aryl methyl sites for hydroxylation is 2. The summed E-state index contributed by atoms with van der Waals surface area (Å²) in [5, 5.41) is 11.7. The van der Waals surface area contributed by atoms with E-state index in [1.165, 1.54) is 4.90 Å². The van der Waals surface area contributed by atoms with Gasteiger partial charge in [0.1, 0.15) is 16.2 Å². The summed E-state index contributed by atoms with van der Waals surface area (Å²) in [6, 6.07) is 13.4. The highest BCUT2D eigenvalue weighted by atomic mass is 32.1. The number of amides is 1. The molecule has 1 atom stereocenters. The van der Waals surface area contributed by atoms with Crippen LogP contribution in [0.1, 0.15) is 45.3 Å². The highest BCUT2D eigenvalue weighted by molar-refractivity contribution is 7.17. The maximum absolute atomic E-state index is 13.4. The summed E-state index contributed by atoms with van der Waals surface area (Å²) in [6.45, 7) is 5.26. The predicted molar refractivity (Wildman–Crippen MR) is 134 cm³/mol. The quantitative estimate of drug-likeness (QED) is 0.188. The van der Waals surface area contributed by atoms with Gasteiger partial charge in [0.05, 0.1) is 29.6 Å². The Hall–Kier alpha value is -4.31. The highest BCUT2D eigenvalue weighted by Crippen LogP contribution is 2.44. The Morgan fingerprint density at radius 2 is 1.78 bits per heavy atom. The number of aliphatic hydroxyl groups is 1. The molecule has 1 fully saturated rings. The molecule has 0 radical (unpaired) electrons. The molecule has 1 aromatic carbocycles. The summed E-state index contributed by atoms with van der Waals surface area (Å²) in [5.41, 5.74) is 2.34. The monoisotopic (exact) mass is 502 g/mol. The molecule has 1 aliphatic heterocycles. The van der Waals surface area contributed by atoms with E-state index < -0.39 is 23.7 Å². The summed E-state index contributed by atoms with van der Waals surface area (Å²) >= 11 is 0.971. The Morgan fingerprint density at radius 3 is 2.50 bits per heavy atom. The maximum atomic E-state index is 13.4. The number of aromatic nitrogens is 3. The Kier molecular flexibility index (Phi) is 5.89. The van der Waals surface area contributed by atoms with Crippen LogP contribution in [0.15, 0.2) is 60.3 Å². The van der Waals surface area contributed by atoms with Crippen LogP contribution >= 0.6 is 11.3 Å². The maximum Gasteiger partial charge on any atom is 0.350 e. The van der Waals surface area contributed by atoms with Gasteiger partial charge >= 0.3 is 11.9 Å². The second kappa shape index (κ2) is 9.04. The predicted octanol–water partition coefficient (Wildman–Crippen LogP) is 4.21. The first-order valence-corrected chi connectivity index (χ1v) is 12.1. The standard InChI is InChI=1S/C26H22N4O5S/c1-4-35-25(34)23-15(3)28-26(36-23)30-20(16-10-6-5-7-11-16)18(22(32)24(30)33)21(31)19-14(2)27-17-12-8-9-13-29(17)19/h5-13,20,31H,4H2,1-3H3. The third-order valence-corrected chi connectivity index (χ3v) is 7.08. The second-order valence-corrected chi connectivity index (χ2v) is 9.16. The molecule has 1 N–H and O–H groups in total. The van der Waals surface area contributed by atoms with Crippen LogP contribution in [-0.4, -0.2) is 43.7 Å². The van der Waals surface area contributed by atoms with Crippen LogP contribution in [0.3, 0.4) is 0 Å². The molecule has 0 aliphatic carbocycles. The number of benzene rings is 1. The molecule has 1 amide bonds. The van der Waals surface area contributed by atoms with Crippen LogP contribution in [0.5, 0.6) is 0 Å². The van der Waals surface area contributed by atoms with Gasteiger partial charge in [-0.3, -0.25) is 18.9 Å². The number of thiazole rings is 1. The van der Waals surface area contributed by atoms with Crippen molar-refractivity contribution in [2.45, 2.75) is 26.8 Å². The van der Waals surface area contributed by atoms with Gasteiger partial charge in [-0.15, -0.1) is 0 Å². The first-order valence-electron chi connectivity index (χ1n) is 11.3. The average Bonchev–Trinajstić information content (AvgIpc) is 3.50. The lowest BCUT2D eigenvalue weighted by Crippen LogP contribution is -2.29. The minimum absolute atomic E-state index is 0.0782. The van der Waals surface area contributed by atoms with Crippen LogP contribution < -0.4 is 4.90 Å². The fourth-order valence-electron chi connectivity index (χ4n) is 4.38. The number of Topliss-reactive ketones (excluding diaryl/α,β-unsaturated/α-hetero) is 1. The molecular formula is C26H22N4O5S. The van der Waals surface area contributed by atoms with E-state index in [1.54, 1.807) is 67.8 Å². The van der Waals surface area contributed by atoms with Gasteiger partial charge in [0.2, 0.25) is 0 Å². The number of ether oxygens (including phenoxy) is 1. The molecule has 1 unspecified atom stereocenters. The van der Waals surface area contributed by atoms with E-state index >= 15 is 0 Å². The number of ketones is 1. The molecule has 4 heterocycles. The SMILES string of the molecule is CCOC(=O)c1sc(N2C(=O)C(=O)C(=C(O)c3c(C)nc4ccccn34)C2c2ccccc2)nc1C. The van der Waals surface area contributed by atoms with Crippen LogP contribution in [0.25, 0.3) is 11.4 Å². The number of fused-ring (bicyclic) bond motifs is 1. The fourth-order valence-corrected chi connectivity index (χ4v) is 5.37. The van der Waals surface area contributed by atoms with Gasteiger partial charge in [0, 0.05) is 6.20 Å². The van der Waals surface area contributed by atoms with Crippen molar-refractivity contribution >= 4 is 45.5 Å². The van der Waals surface area contributed by atoms with E-state index in [0.717, 1.165) is 11.3 Å². The zero-order chi connectivity index (χ0) is 25.6. The number of carbonyl (C=O) groups excluding carboxylic acids is 3. The summed E-state index contributed by atoms with van der Waals surface area (Å²) in [7, 11) is 0. The van der Waals surface area contributed by atoms with E-state index in [9.17, 15) is 19.5 Å². The van der Waals surface area contributed by atoms with Gasteiger partial charge < -0.3 is 9.84 Å². The van der Waals surface area contributed by atoms with Crippen molar-refractivity contribution in [2.75, 3.05) is 11.5 Å². The second-order valence-electron chi connectivity index (χ2n) is 8.19. The fraction of sp³-hybridized carbons (Fsp3) is 0.192. The molecule has 9 nitrogen and oxygen atoms in total. The third kappa shape index (κ3) is 3.66. The summed E-state index contributed by atoms with van der Waals surface area (Å²) < 4.78 is 6.78. The summed E-state index contributed by atoms with van der Waals surface area (Å²) in [6.07, 6.45) is 1.73. The molecule has 1 aliphatic rings. The Bertz CT molecular complexity index is 1550. The number of rotatable bonds is 5. The molecule has 182 valence electrons. The number of pyridine rings is 1. The molecule has 4 aromatic rings. The number of hydrogen-bond donors (Lipinski definition) is 1. The Labute approximate surface area is 210 Å². The molecule has 0 saturated carbocycles. The van der Waals surface area contributed by atoms with Crippen LogP contribution in [0.4, 0.5) is 5.13 Å². The lowest BCUT2D eigenvalue weighted by atomic mass is 9.96. The van der Waals surface area contributed by atoms with Crippen molar-refractivity contribution in [1.29, 1.82) is 0 Å². The van der Waals surface area contributed by atoms with Crippen molar-refractivity contribution < 1.29 is 24.2 Å². The molecular weight excluding hydrogens is 480 g/mol. The van der Waals surface area contributed by atoms with Gasteiger partial charge in [-0.1, -0.05) is 47.7 Å². The van der Waals surface area contributed by atoms with Crippen molar-refractivity contribution in [3.05, 3.63) is 87.8 Å².